The molecule has 0 aliphatic rings. The molecule has 166 valence electrons. The first kappa shape index (κ1) is 23.3. The number of carbonyl (C=O) groups excluding carboxylic acids is 2. The van der Waals surface area contributed by atoms with Crippen LogP contribution in [-0.2, 0) is 16.1 Å². The maximum atomic E-state index is 13.7. The Balaban J connectivity index is 1.91. The van der Waals surface area contributed by atoms with Gasteiger partial charge in [-0.05, 0) is 37.5 Å². The van der Waals surface area contributed by atoms with Crippen LogP contribution in [0.4, 0.5) is 0 Å². The van der Waals surface area contributed by atoms with E-state index in [2.05, 4.69) is 35.6 Å². The van der Waals surface area contributed by atoms with E-state index < -0.39 is 6.04 Å². The van der Waals surface area contributed by atoms with Gasteiger partial charge in [0.1, 0.15) is 6.04 Å². The predicted octanol–water partition coefficient (Wildman–Crippen LogP) is 5.07. The minimum absolute atomic E-state index is 0.0389. The maximum Gasteiger partial charge on any atom is 0.242 e. The molecule has 3 aromatic rings. The van der Waals surface area contributed by atoms with Crippen LogP contribution >= 0.6 is 0 Å². The summed E-state index contributed by atoms with van der Waals surface area (Å²) in [6.07, 6.45) is 0.295. The van der Waals surface area contributed by atoms with Crippen LogP contribution in [0.1, 0.15) is 48.4 Å². The molecule has 0 heterocycles. The summed E-state index contributed by atoms with van der Waals surface area (Å²) in [5.41, 5.74) is 4.33. The average Bonchev–Trinajstić information content (AvgIpc) is 2.81. The summed E-state index contributed by atoms with van der Waals surface area (Å²) in [6, 6.07) is 27.7. The van der Waals surface area contributed by atoms with E-state index in [0.717, 1.165) is 22.3 Å². The summed E-state index contributed by atoms with van der Waals surface area (Å²) < 4.78 is 0. The van der Waals surface area contributed by atoms with Crippen molar-refractivity contribution in [3.8, 4) is 0 Å². The van der Waals surface area contributed by atoms with Crippen LogP contribution in [0.3, 0.4) is 0 Å². The number of nitrogens with one attached hydrogen (secondary N) is 1. The Hall–Kier alpha value is -3.40. The lowest BCUT2D eigenvalue weighted by atomic mass is 9.88. The Morgan fingerprint density at radius 2 is 1.47 bits per heavy atom. The number of hydrogen-bond donors (Lipinski definition) is 1. The largest absolute Gasteiger partial charge is 0.355 e. The lowest BCUT2D eigenvalue weighted by Crippen LogP contribution is -2.47. The van der Waals surface area contributed by atoms with Crippen molar-refractivity contribution in [2.24, 2.45) is 0 Å². The number of benzene rings is 3. The molecular weight excluding hydrogens is 396 g/mol. The number of aryl methyl sites for hydroxylation is 1. The van der Waals surface area contributed by atoms with Crippen LogP contribution in [0.25, 0.3) is 0 Å². The van der Waals surface area contributed by atoms with E-state index in [9.17, 15) is 9.59 Å². The molecule has 2 amide bonds. The fourth-order valence-electron chi connectivity index (χ4n) is 4.00. The van der Waals surface area contributed by atoms with Gasteiger partial charge in [0.25, 0.3) is 0 Å². The Labute approximate surface area is 191 Å². The third-order valence-electron chi connectivity index (χ3n) is 5.74. The van der Waals surface area contributed by atoms with Gasteiger partial charge in [-0.1, -0.05) is 90.5 Å². The molecule has 0 radical (unpaired) electrons. The first-order valence-corrected chi connectivity index (χ1v) is 11.2. The van der Waals surface area contributed by atoms with Gasteiger partial charge in [0, 0.05) is 25.4 Å². The van der Waals surface area contributed by atoms with Gasteiger partial charge in [0.15, 0.2) is 0 Å². The van der Waals surface area contributed by atoms with E-state index in [1.807, 2.05) is 68.4 Å². The molecule has 0 saturated heterocycles. The molecule has 0 fully saturated rings. The fraction of sp³-hybridized carbons (Fsp3) is 0.286. The SMILES string of the molecule is CCNC(=O)C(C)N(Cc1cccc(C)c1)C(=O)CC(c1ccccc1)c1ccccc1. The third-order valence-corrected chi connectivity index (χ3v) is 5.74. The van der Waals surface area contributed by atoms with E-state index in [4.69, 9.17) is 0 Å². The molecule has 0 saturated carbocycles. The van der Waals surface area contributed by atoms with Gasteiger partial charge in [-0.3, -0.25) is 9.59 Å². The highest BCUT2D eigenvalue weighted by Crippen LogP contribution is 2.29. The zero-order valence-corrected chi connectivity index (χ0v) is 19.1. The number of nitrogens with zero attached hydrogens (tertiary/aromatic N) is 1. The first-order chi connectivity index (χ1) is 15.5. The fourth-order valence-corrected chi connectivity index (χ4v) is 4.00. The molecule has 0 spiro atoms. The highest BCUT2D eigenvalue weighted by atomic mass is 16.2. The molecular formula is C28H32N2O2. The Morgan fingerprint density at radius 3 is 2.00 bits per heavy atom. The summed E-state index contributed by atoms with van der Waals surface area (Å²) in [4.78, 5) is 28.1. The van der Waals surface area contributed by atoms with Crippen LogP contribution in [0.15, 0.2) is 84.9 Å². The minimum atomic E-state index is -0.560. The van der Waals surface area contributed by atoms with Crippen molar-refractivity contribution < 1.29 is 9.59 Å². The van der Waals surface area contributed by atoms with E-state index in [0.29, 0.717) is 19.5 Å². The summed E-state index contributed by atoms with van der Waals surface area (Å²) in [6.45, 7) is 6.65. The second-order valence-corrected chi connectivity index (χ2v) is 8.16. The van der Waals surface area contributed by atoms with Crippen molar-refractivity contribution in [2.45, 2.75) is 45.7 Å². The molecule has 1 unspecified atom stereocenters. The van der Waals surface area contributed by atoms with Crippen LogP contribution in [0.2, 0.25) is 0 Å². The number of carbonyl (C=O) groups is 2. The maximum absolute atomic E-state index is 13.7. The quantitative estimate of drug-likeness (QED) is 0.517. The Kier molecular flexibility index (Phi) is 8.20. The lowest BCUT2D eigenvalue weighted by Gasteiger charge is -2.30. The Morgan fingerprint density at radius 1 is 0.875 bits per heavy atom. The van der Waals surface area contributed by atoms with E-state index in [-0.39, 0.29) is 17.7 Å². The van der Waals surface area contributed by atoms with Gasteiger partial charge in [0.05, 0.1) is 0 Å². The second-order valence-electron chi connectivity index (χ2n) is 8.16. The van der Waals surface area contributed by atoms with Crippen molar-refractivity contribution in [3.05, 3.63) is 107 Å². The van der Waals surface area contributed by atoms with E-state index in [1.54, 1.807) is 11.8 Å². The first-order valence-electron chi connectivity index (χ1n) is 11.2. The zero-order chi connectivity index (χ0) is 22.9. The zero-order valence-electron chi connectivity index (χ0n) is 19.1. The van der Waals surface area contributed by atoms with Crippen LogP contribution in [0, 0.1) is 6.92 Å². The molecule has 4 nitrogen and oxygen atoms in total. The molecule has 0 aromatic heterocycles. The van der Waals surface area contributed by atoms with Gasteiger partial charge in [-0.15, -0.1) is 0 Å². The van der Waals surface area contributed by atoms with Crippen molar-refractivity contribution in [1.29, 1.82) is 0 Å². The van der Waals surface area contributed by atoms with Gasteiger partial charge in [-0.2, -0.15) is 0 Å². The molecule has 0 aliphatic carbocycles. The second kappa shape index (κ2) is 11.3. The number of likely N-dealkylation sites (N-methyl/N-ethyl adjacent to an activating group) is 1. The predicted molar refractivity (Wildman–Crippen MR) is 129 cm³/mol. The average molecular weight is 429 g/mol. The summed E-state index contributed by atoms with van der Waals surface area (Å²) in [5.74, 6) is -0.251. The number of hydrogen-bond acceptors (Lipinski definition) is 2. The molecule has 0 aliphatic heterocycles. The van der Waals surface area contributed by atoms with Gasteiger partial charge < -0.3 is 10.2 Å². The summed E-state index contributed by atoms with van der Waals surface area (Å²) in [5, 5.41) is 2.86. The third kappa shape index (κ3) is 6.07. The van der Waals surface area contributed by atoms with E-state index in [1.165, 1.54) is 0 Å². The molecule has 1 atom stereocenters. The van der Waals surface area contributed by atoms with Crippen LogP contribution < -0.4 is 5.32 Å². The van der Waals surface area contributed by atoms with Crippen LogP contribution in [0.5, 0.6) is 0 Å². The van der Waals surface area contributed by atoms with Crippen LogP contribution in [-0.4, -0.2) is 29.3 Å². The number of amides is 2. The van der Waals surface area contributed by atoms with Crippen molar-refractivity contribution in [2.75, 3.05) is 6.54 Å². The van der Waals surface area contributed by atoms with Gasteiger partial charge in [0.2, 0.25) is 11.8 Å². The summed E-state index contributed by atoms with van der Waals surface area (Å²) >= 11 is 0. The molecule has 32 heavy (non-hydrogen) atoms. The topological polar surface area (TPSA) is 49.4 Å². The number of rotatable bonds is 9. The molecule has 4 heteroatoms. The van der Waals surface area contributed by atoms with Crippen molar-refractivity contribution in [3.63, 3.8) is 0 Å². The Bertz CT molecular complexity index is 978. The molecule has 3 aromatic carbocycles. The molecule has 3 rings (SSSR count). The molecule has 0 bridgehead atoms. The summed E-state index contributed by atoms with van der Waals surface area (Å²) in [7, 11) is 0. The highest BCUT2D eigenvalue weighted by Gasteiger charge is 2.28. The normalized spacial score (nSPS) is 11.8. The molecule has 1 N–H and O–H groups in total. The highest BCUT2D eigenvalue weighted by molar-refractivity contribution is 5.87. The van der Waals surface area contributed by atoms with Crippen molar-refractivity contribution >= 4 is 11.8 Å². The van der Waals surface area contributed by atoms with E-state index >= 15 is 0 Å². The van der Waals surface area contributed by atoms with Gasteiger partial charge >= 0.3 is 0 Å². The van der Waals surface area contributed by atoms with Gasteiger partial charge in [-0.25, -0.2) is 0 Å². The van der Waals surface area contributed by atoms with Crippen molar-refractivity contribution in [1.82, 2.24) is 10.2 Å². The smallest absolute Gasteiger partial charge is 0.242 e. The minimum Gasteiger partial charge on any atom is -0.355 e. The standard InChI is InChI=1S/C28H32N2O2/c1-4-29-28(32)22(3)30(20-23-13-11-12-21(2)18-23)27(31)19-26(24-14-7-5-8-15-24)25-16-9-6-10-17-25/h5-18,22,26H,4,19-20H2,1-3H3,(H,29,32). The monoisotopic (exact) mass is 428 g/mol. The lowest BCUT2D eigenvalue weighted by molar-refractivity contribution is -0.140.